The molecule has 7 heteroatoms. The first-order valence-electron chi connectivity index (χ1n) is 10.6. The van der Waals surface area contributed by atoms with Crippen LogP contribution in [0.1, 0.15) is 6.42 Å². The van der Waals surface area contributed by atoms with Gasteiger partial charge in [-0.2, -0.15) is 0 Å². The van der Waals surface area contributed by atoms with Gasteiger partial charge in [0, 0.05) is 24.3 Å². The number of para-hydroxylation sites is 1. The van der Waals surface area contributed by atoms with E-state index in [1.54, 1.807) is 6.08 Å². The number of aryl methyl sites for hydroxylation is 2. The zero-order valence-electron chi connectivity index (χ0n) is 18.1. The van der Waals surface area contributed by atoms with Gasteiger partial charge in [-0.1, -0.05) is 18.2 Å². The number of nitrogens with one attached hydrogen (secondary N) is 3. The van der Waals surface area contributed by atoms with Crippen molar-refractivity contribution in [1.29, 1.82) is 5.41 Å². The standard InChI is InChI=1S/C25H28N7/c1-31-14-15-32(18-31)13-5-12-28-19-8-10-21(11-9-19)30-25-17-24(22(26)16-23(25)27)29-20-6-3-2-4-7-20/h2-4,6-11,14-18,26,28-29H,5,12-13,27H2,1H3/q+1. The van der Waals surface area contributed by atoms with Crippen LogP contribution in [-0.4, -0.2) is 22.5 Å². The molecule has 1 aliphatic carbocycles. The Bertz CT molecular complexity index is 1170. The molecule has 0 atom stereocenters. The molecule has 0 amide bonds. The molecule has 2 aromatic carbocycles. The predicted octanol–water partition coefficient (Wildman–Crippen LogP) is 3.76. The van der Waals surface area contributed by atoms with Gasteiger partial charge in [-0.05, 0) is 48.6 Å². The number of imidazole rings is 1. The number of hydrogen-bond donors (Lipinski definition) is 4. The van der Waals surface area contributed by atoms with Crippen molar-refractivity contribution in [2.75, 3.05) is 17.2 Å². The molecule has 0 saturated heterocycles. The lowest BCUT2D eigenvalue weighted by Gasteiger charge is -2.16. The summed E-state index contributed by atoms with van der Waals surface area (Å²) in [4.78, 5) is 4.68. The number of benzene rings is 2. The first-order chi connectivity index (χ1) is 15.6. The van der Waals surface area contributed by atoms with Gasteiger partial charge in [-0.3, -0.25) is 5.41 Å². The summed E-state index contributed by atoms with van der Waals surface area (Å²) in [5.74, 6) is 0. The first-order valence-corrected chi connectivity index (χ1v) is 10.6. The van der Waals surface area contributed by atoms with Crippen LogP contribution in [0.2, 0.25) is 0 Å². The summed E-state index contributed by atoms with van der Waals surface area (Å²) in [6, 6.07) is 17.7. The third-order valence-electron chi connectivity index (χ3n) is 5.08. The van der Waals surface area contributed by atoms with Gasteiger partial charge in [0.15, 0.2) is 0 Å². The molecule has 0 radical (unpaired) electrons. The van der Waals surface area contributed by atoms with E-state index in [0.717, 1.165) is 36.6 Å². The maximum atomic E-state index is 8.21. The highest BCUT2D eigenvalue weighted by Crippen LogP contribution is 2.20. The molecule has 5 N–H and O–H groups in total. The molecule has 1 aliphatic rings. The molecule has 0 fully saturated rings. The number of aromatic nitrogens is 2. The molecule has 0 spiro atoms. The topological polar surface area (TPSA) is 95.1 Å². The molecule has 3 aromatic rings. The second kappa shape index (κ2) is 9.78. The summed E-state index contributed by atoms with van der Waals surface area (Å²) in [6.45, 7) is 1.87. The largest absolute Gasteiger partial charge is 0.397 e. The van der Waals surface area contributed by atoms with Gasteiger partial charge in [-0.25, -0.2) is 14.1 Å². The van der Waals surface area contributed by atoms with Gasteiger partial charge < -0.3 is 16.4 Å². The molecule has 0 bridgehead atoms. The maximum Gasteiger partial charge on any atom is 0.243 e. The van der Waals surface area contributed by atoms with Crippen molar-refractivity contribution in [3.05, 3.63) is 96.9 Å². The van der Waals surface area contributed by atoms with E-state index in [2.05, 4.69) is 32.7 Å². The maximum absolute atomic E-state index is 8.21. The second-order valence-corrected chi connectivity index (χ2v) is 7.70. The summed E-state index contributed by atoms with van der Waals surface area (Å²) in [5, 5.41) is 14.9. The van der Waals surface area contributed by atoms with Crippen LogP contribution in [0.15, 0.2) is 102 Å². The Labute approximate surface area is 188 Å². The molecule has 1 aromatic heterocycles. The van der Waals surface area contributed by atoms with Crippen molar-refractivity contribution < 1.29 is 4.57 Å². The monoisotopic (exact) mass is 426 g/mol. The average molecular weight is 427 g/mol. The van der Waals surface area contributed by atoms with Gasteiger partial charge in [-0.15, -0.1) is 0 Å². The Balaban J connectivity index is 1.37. The third-order valence-corrected chi connectivity index (χ3v) is 5.08. The smallest absolute Gasteiger partial charge is 0.243 e. The lowest BCUT2D eigenvalue weighted by molar-refractivity contribution is -0.671. The predicted molar refractivity (Wildman–Crippen MR) is 130 cm³/mol. The molecule has 0 unspecified atom stereocenters. The molecule has 0 aliphatic heterocycles. The molecule has 4 rings (SSSR count). The van der Waals surface area contributed by atoms with Gasteiger partial charge in [0.2, 0.25) is 6.33 Å². The van der Waals surface area contributed by atoms with Crippen LogP contribution < -0.4 is 20.9 Å². The lowest BCUT2D eigenvalue weighted by atomic mass is 10.0. The molecular weight excluding hydrogens is 398 g/mol. The number of hydrogen-bond acceptors (Lipinski definition) is 5. The van der Waals surface area contributed by atoms with Crippen LogP contribution in [0.4, 0.5) is 17.1 Å². The minimum atomic E-state index is 0.332. The number of rotatable bonds is 8. The minimum absolute atomic E-state index is 0.332. The molecule has 1 heterocycles. The Hall–Kier alpha value is -4.13. The molecule has 162 valence electrons. The van der Waals surface area contributed by atoms with Gasteiger partial charge in [0.05, 0.1) is 42.1 Å². The van der Waals surface area contributed by atoms with Crippen LogP contribution in [0.3, 0.4) is 0 Å². The highest BCUT2D eigenvalue weighted by Gasteiger charge is 2.14. The normalized spacial score (nSPS) is 14.8. The number of allylic oxidation sites excluding steroid dienone is 2. The van der Waals surface area contributed by atoms with E-state index in [0.29, 0.717) is 22.8 Å². The zero-order valence-corrected chi connectivity index (χ0v) is 18.1. The van der Waals surface area contributed by atoms with Crippen molar-refractivity contribution in [3.8, 4) is 0 Å². The quantitative estimate of drug-likeness (QED) is 0.251. The number of nitrogens with two attached hydrogens (primary N) is 1. The summed E-state index contributed by atoms with van der Waals surface area (Å²) in [5.41, 5.74) is 11.0. The van der Waals surface area contributed by atoms with Crippen LogP contribution in [0.5, 0.6) is 0 Å². The number of nitrogens with zero attached hydrogens (tertiary/aromatic N) is 3. The SMILES string of the molecule is C[n+]1ccn(CCCNc2ccc(N=C3C=C(Nc4ccccc4)C(=N)C=C3N)cc2)c1. The van der Waals surface area contributed by atoms with E-state index in [1.165, 1.54) is 0 Å². The summed E-state index contributed by atoms with van der Waals surface area (Å²) >= 11 is 0. The van der Waals surface area contributed by atoms with Crippen LogP contribution >= 0.6 is 0 Å². The lowest BCUT2D eigenvalue weighted by Crippen LogP contribution is -2.23. The van der Waals surface area contributed by atoms with E-state index in [9.17, 15) is 0 Å². The fourth-order valence-electron chi connectivity index (χ4n) is 3.40. The van der Waals surface area contributed by atoms with Crippen LogP contribution in [-0.2, 0) is 13.6 Å². The average Bonchev–Trinajstić information content (AvgIpc) is 3.21. The molecule has 7 nitrogen and oxygen atoms in total. The van der Waals surface area contributed by atoms with E-state index in [4.69, 9.17) is 11.1 Å². The Morgan fingerprint density at radius 3 is 2.53 bits per heavy atom. The zero-order chi connectivity index (χ0) is 22.3. The molecular formula is C25H28N7+. The Kier molecular flexibility index (Phi) is 6.46. The fraction of sp³-hybridized carbons (Fsp3) is 0.160. The van der Waals surface area contributed by atoms with E-state index >= 15 is 0 Å². The van der Waals surface area contributed by atoms with Crippen molar-refractivity contribution in [2.45, 2.75) is 13.0 Å². The van der Waals surface area contributed by atoms with E-state index in [1.807, 2.05) is 78.5 Å². The number of aliphatic imine (C=N–C) groups is 1. The minimum Gasteiger partial charge on any atom is -0.397 e. The first kappa shape index (κ1) is 21.1. The summed E-state index contributed by atoms with van der Waals surface area (Å²) < 4.78 is 4.22. The highest BCUT2D eigenvalue weighted by atomic mass is 15.1. The third kappa shape index (κ3) is 5.51. The van der Waals surface area contributed by atoms with E-state index in [-0.39, 0.29) is 0 Å². The van der Waals surface area contributed by atoms with Crippen LogP contribution in [0.25, 0.3) is 0 Å². The summed E-state index contributed by atoms with van der Waals surface area (Å²) in [6.07, 6.45) is 10.7. The van der Waals surface area contributed by atoms with Gasteiger partial charge in [0.25, 0.3) is 0 Å². The van der Waals surface area contributed by atoms with Gasteiger partial charge >= 0.3 is 0 Å². The van der Waals surface area contributed by atoms with Gasteiger partial charge in [0.1, 0.15) is 12.4 Å². The molecule has 32 heavy (non-hydrogen) atoms. The van der Waals surface area contributed by atoms with Crippen molar-refractivity contribution in [1.82, 2.24) is 4.57 Å². The van der Waals surface area contributed by atoms with Crippen molar-refractivity contribution in [2.24, 2.45) is 17.8 Å². The molecule has 0 saturated carbocycles. The Morgan fingerprint density at radius 1 is 1.03 bits per heavy atom. The van der Waals surface area contributed by atoms with Crippen LogP contribution in [0, 0.1) is 5.41 Å². The second-order valence-electron chi connectivity index (χ2n) is 7.70. The Morgan fingerprint density at radius 2 is 1.81 bits per heavy atom. The van der Waals surface area contributed by atoms with E-state index < -0.39 is 0 Å². The van der Waals surface area contributed by atoms with Crippen molar-refractivity contribution in [3.63, 3.8) is 0 Å². The fourth-order valence-corrected chi connectivity index (χ4v) is 3.40. The highest BCUT2D eigenvalue weighted by molar-refractivity contribution is 6.23. The van der Waals surface area contributed by atoms with Crippen molar-refractivity contribution >= 4 is 28.5 Å². The number of anilines is 2. The summed E-state index contributed by atoms with van der Waals surface area (Å²) in [7, 11) is 2.02.